The number of rotatable bonds is 5. The zero-order valence-corrected chi connectivity index (χ0v) is 13.5. The van der Waals surface area contributed by atoms with Crippen LogP contribution in [0.4, 0.5) is 0 Å². The Morgan fingerprint density at radius 1 is 1.10 bits per heavy atom. The van der Waals surface area contributed by atoms with Crippen molar-refractivity contribution in [2.24, 2.45) is 0 Å². The van der Waals surface area contributed by atoms with Crippen molar-refractivity contribution in [3.63, 3.8) is 0 Å². The summed E-state index contributed by atoms with van der Waals surface area (Å²) in [6.07, 6.45) is -0.625. The van der Waals surface area contributed by atoms with Crippen LogP contribution < -0.4 is 0 Å². The number of ether oxygens (including phenoxy) is 1. The maximum atomic E-state index is 12.3. The summed E-state index contributed by atoms with van der Waals surface area (Å²) in [7, 11) is 0. The van der Waals surface area contributed by atoms with Crippen LogP contribution in [0.5, 0.6) is 0 Å². The molecule has 2 aromatic rings. The first-order chi connectivity index (χ1) is 9.99. The van der Waals surface area contributed by atoms with Gasteiger partial charge >= 0.3 is 0 Å². The summed E-state index contributed by atoms with van der Waals surface area (Å²) in [6, 6.07) is 12.1. The smallest absolute Gasteiger partial charge is 0.192 e. The van der Waals surface area contributed by atoms with Gasteiger partial charge in [0.2, 0.25) is 0 Å². The van der Waals surface area contributed by atoms with E-state index in [2.05, 4.69) is 0 Å². The monoisotopic (exact) mass is 342 g/mol. The molecule has 2 nitrogen and oxygen atoms in total. The molecule has 1 atom stereocenters. The highest BCUT2D eigenvalue weighted by molar-refractivity contribution is 6.37. The molecule has 0 amide bonds. The van der Waals surface area contributed by atoms with E-state index in [0.717, 1.165) is 5.56 Å². The number of Topliss-reactive ketones (excluding diaryl/α,β-unsaturated/α-hetero) is 1. The van der Waals surface area contributed by atoms with E-state index < -0.39 is 6.10 Å². The van der Waals surface area contributed by atoms with E-state index in [1.54, 1.807) is 25.1 Å². The van der Waals surface area contributed by atoms with Crippen molar-refractivity contribution < 1.29 is 9.53 Å². The third-order valence-corrected chi connectivity index (χ3v) is 3.93. The zero-order chi connectivity index (χ0) is 15.4. The Balaban J connectivity index is 2.04. The highest BCUT2D eigenvalue weighted by Gasteiger charge is 2.19. The van der Waals surface area contributed by atoms with Crippen LogP contribution in [-0.2, 0) is 11.3 Å². The van der Waals surface area contributed by atoms with E-state index in [0.29, 0.717) is 20.6 Å². The number of carbonyl (C=O) groups excluding carboxylic acids is 1. The molecule has 0 aromatic heterocycles. The minimum absolute atomic E-state index is 0.191. The highest BCUT2D eigenvalue weighted by atomic mass is 35.5. The Morgan fingerprint density at radius 3 is 2.48 bits per heavy atom. The first-order valence-electron chi connectivity index (χ1n) is 6.33. The van der Waals surface area contributed by atoms with Crippen molar-refractivity contribution in [2.45, 2.75) is 19.6 Å². The molecule has 21 heavy (non-hydrogen) atoms. The van der Waals surface area contributed by atoms with Crippen LogP contribution in [0.1, 0.15) is 22.8 Å². The molecule has 0 aliphatic heterocycles. The van der Waals surface area contributed by atoms with Crippen molar-refractivity contribution >= 4 is 40.6 Å². The lowest BCUT2D eigenvalue weighted by Crippen LogP contribution is -2.21. The van der Waals surface area contributed by atoms with E-state index in [9.17, 15) is 4.79 Å². The van der Waals surface area contributed by atoms with Gasteiger partial charge in [-0.2, -0.15) is 0 Å². The van der Waals surface area contributed by atoms with Crippen molar-refractivity contribution in [3.8, 4) is 0 Å². The van der Waals surface area contributed by atoms with Crippen LogP contribution in [0, 0.1) is 0 Å². The van der Waals surface area contributed by atoms with Crippen molar-refractivity contribution in [2.75, 3.05) is 0 Å². The normalized spacial score (nSPS) is 12.2. The molecule has 0 fully saturated rings. The Bertz CT molecular complexity index is 656. The third kappa shape index (κ3) is 4.21. The number of ketones is 1. The molecule has 5 heteroatoms. The largest absolute Gasteiger partial charge is 0.366 e. The minimum Gasteiger partial charge on any atom is -0.366 e. The molecule has 0 heterocycles. The number of halogens is 3. The van der Waals surface area contributed by atoms with Gasteiger partial charge in [0.25, 0.3) is 0 Å². The second-order valence-corrected chi connectivity index (χ2v) is 5.78. The lowest BCUT2D eigenvalue weighted by Gasteiger charge is -2.14. The van der Waals surface area contributed by atoms with Gasteiger partial charge in [-0.25, -0.2) is 0 Å². The fraction of sp³-hybridized carbons (Fsp3) is 0.188. The van der Waals surface area contributed by atoms with Gasteiger partial charge in [-0.05, 0) is 36.8 Å². The molecular formula is C16H13Cl3O2. The predicted molar refractivity (Wildman–Crippen MR) is 86.5 cm³/mol. The second-order valence-electron chi connectivity index (χ2n) is 4.53. The summed E-state index contributed by atoms with van der Waals surface area (Å²) in [5.74, 6) is -0.191. The Morgan fingerprint density at radius 2 is 1.81 bits per heavy atom. The Hall–Kier alpha value is -1.06. The SMILES string of the molecule is CC(OCc1ccccc1Cl)C(=O)c1ccc(Cl)cc1Cl. The Kier molecular flexibility index (Phi) is 5.65. The lowest BCUT2D eigenvalue weighted by molar-refractivity contribution is 0.0412. The second kappa shape index (κ2) is 7.28. The summed E-state index contributed by atoms with van der Waals surface area (Å²) in [6.45, 7) is 1.95. The van der Waals surface area contributed by atoms with Gasteiger partial charge in [-0.15, -0.1) is 0 Å². The summed E-state index contributed by atoms with van der Waals surface area (Å²) in [5.41, 5.74) is 1.23. The first kappa shape index (κ1) is 16.3. The summed E-state index contributed by atoms with van der Waals surface area (Å²) in [4.78, 5) is 12.3. The van der Waals surface area contributed by atoms with Gasteiger partial charge < -0.3 is 4.74 Å². The maximum absolute atomic E-state index is 12.3. The molecule has 0 saturated carbocycles. The minimum atomic E-state index is -0.625. The summed E-state index contributed by atoms with van der Waals surface area (Å²) < 4.78 is 5.58. The molecule has 1 unspecified atom stereocenters. The van der Waals surface area contributed by atoms with Gasteiger partial charge in [0, 0.05) is 15.6 Å². The molecule has 110 valence electrons. The van der Waals surface area contributed by atoms with Gasteiger partial charge in [-0.1, -0.05) is 53.0 Å². The molecule has 0 aliphatic rings. The van der Waals surface area contributed by atoms with Gasteiger partial charge in [0.05, 0.1) is 11.6 Å². The lowest BCUT2D eigenvalue weighted by atomic mass is 10.1. The van der Waals surface area contributed by atoms with Crippen molar-refractivity contribution in [1.82, 2.24) is 0 Å². The molecule has 0 saturated heterocycles. The fourth-order valence-electron chi connectivity index (χ4n) is 1.81. The third-order valence-electron chi connectivity index (χ3n) is 3.01. The first-order valence-corrected chi connectivity index (χ1v) is 7.46. The number of hydrogen-bond donors (Lipinski definition) is 0. The standard InChI is InChI=1S/C16H13Cl3O2/c1-10(21-9-11-4-2-3-5-14(11)18)16(20)13-7-6-12(17)8-15(13)19/h2-8,10H,9H2,1H3. The van der Waals surface area contributed by atoms with Crippen LogP contribution >= 0.6 is 34.8 Å². The summed E-state index contributed by atoms with van der Waals surface area (Å²) >= 11 is 17.9. The highest BCUT2D eigenvalue weighted by Crippen LogP contribution is 2.23. The Labute approximate surface area is 138 Å². The van der Waals surface area contributed by atoms with Crippen LogP contribution in [-0.4, -0.2) is 11.9 Å². The molecule has 0 N–H and O–H groups in total. The fourth-order valence-corrected chi connectivity index (χ4v) is 2.51. The number of hydrogen-bond acceptors (Lipinski definition) is 2. The summed E-state index contributed by atoms with van der Waals surface area (Å²) in [5, 5.41) is 1.42. The van der Waals surface area contributed by atoms with Crippen LogP contribution in [0.25, 0.3) is 0 Å². The van der Waals surface area contributed by atoms with Gasteiger partial charge in [-0.3, -0.25) is 4.79 Å². The quantitative estimate of drug-likeness (QED) is 0.676. The predicted octanol–water partition coefficient (Wildman–Crippen LogP) is 5.43. The molecule has 0 radical (unpaired) electrons. The van der Waals surface area contributed by atoms with E-state index >= 15 is 0 Å². The van der Waals surface area contributed by atoms with E-state index in [1.165, 1.54) is 6.07 Å². The maximum Gasteiger partial charge on any atom is 0.192 e. The molecule has 2 rings (SSSR count). The van der Waals surface area contributed by atoms with Crippen LogP contribution in [0.2, 0.25) is 15.1 Å². The number of carbonyl (C=O) groups is 1. The topological polar surface area (TPSA) is 26.3 Å². The van der Waals surface area contributed by atoms with Crippen LogP contribution in [0.3, 0.4) is 0 Å². The van der Waals surface area contributed by atoms with E-state index in [4.69, 9.17) is 39.5 Å². The molecule has 0 aliphatic carbocycles. The molecular weight excluding hydrogens is 331 g/mol. The van der Waals surface area contributed by atoms with Gasteiger partial charge in [0.1, 0.15) is 6.10 Å². The molecule has 0 bridgehead atoms. The van der Waals surface area contributed by atoms with Crippen molar-refractivity contribution in [3.05, 3.63) is 68.7 Å². The zero-order valence-electron chi connectivity index (χ0n) is 11.3. The van der Waals surface area contributed by atoms with Crippen molar-refractivity contribution in [1.29, 1.82) is 0 Å². The average molecular weight is 344 g/mol. The van der Waals surface area contributed by atoms with E-state index in [-0.39, 0.29) is 12.4 Å². The number of benzene rings is 2. The van der Waals surface area contributed by atoms with Gasteiger partial charge in [0.15, 0.2) is 5.78 Å². The molecule has 0 spiro atoms. The molecule has 2 aromatic carbocycles. The average Bonchev–Trinajstić information content (AvgIpc) is 2.45. The van der Waals surface area contributed by atoms with Crippen LogP contribution in [0.15, 0.2) is 42.5 Å². The van der Waals surface area contributed by atoms with E-state index in [1.807, 2.05) is 18.2 Å².